The van der Waals surface area contributed by atoms with Crippen molar-refractivity contribution < 1.29 is 19.3 Å². The molecule has 2 atom stereocenters. The fourth-order valence-corrected chi connectivity index (χ4v) is 2.73. The number of hydrogen-bond acceptors (Lipinski definition) is 4. The zero-order chi connectivity index (χ0) is 14.1. The van der Waals surface area contributed by atoms with Crippen LogP contribution in [0.2, 0.25) is 0 Å². The number of hydrogen-bond donors (Lipinski definition) is 1. The highest BCUT2D eigenvalue weighted by Gasteiger charge is 2.24. The topological polar surface area (TPSA) is 47.9 Å². The Balaban J connectivity index is 1.83. The number of halogens is 1. The van der Waals surface area contributed by atoms with Gasteiger partial charge in [-0.05, 0) is 59.5 Å². The Hall–Kier alpha value is -1.04. The molecule has 0 amide bonds. The van der Waals surface area contributed by atoms with E-state index in [-0.39, 0.29) is 6.29 Å². The van der Waals surface area contributed by atoms with E-state index in [2.05, 4.69) is 15.9 Å². The molecule has 2 aliphatic heterocycles. The minimum absolute atomic E-state index is 0.162. The zero-order valence-corrected chi connectivity index (χ0v) is 12.9. The summed E-state index contributed by atoms with van der Waals surface area (Å²) in [4.78, 5) is 0. The molecule has 108 valence electrons. The summed E-state index contributed by atoms with van der Waals surface area (Å²) >= 11 is 3.35. The molecule has 20 heavy (non-hydrogen) atoms. The van der Waals surface area contributed by atoms with Crippen molar-refractivity contribution >= 4 is 21.5 Å². The first-order valence-corrected chi connectivity index (χ1v) is 7.58. The van der Waals surface area contributed by atoms with Crippen LogP contribution in [0.4, 0.5) is 0 Å². The van der Waals surface area contributed by atoms with Crippen molar-refractivity contribution in [2.75, 3.05) is 6.61 Å². The van der Waals surface area contributed by atoms with Crippen LogP contribution in [0, 0.1) is 0 Å². The van der Waals surface area contributed by atoms with E-state index in [0.29, 0.717) is 10.2 Å². The number of benzene rings is 1. The van der Waals surface area contributed by atoms with Crippen molar-refractivity contribution in [2.45, 2.75) is 38.8 Å². The summed E-state index contributed by atoms with van der Waals surface area (Å²) in [6.45, 7) is 2.70. The molecule has 2 aliphatic rings. The van der Waals surface area contributed by atoms with Gasteiger partial charge in [0, 0.05) is 12.0 Å². The average molecular weight is 341 g/mol. The van der Waals surface area contributed by atoms with Gasteiger partial charge in [0.2, 0.25) is 6.29 Å². The SMILES string of the molecule is CC1=C(Br)[C@H](O)Oc2ccc(O[C@@H]3CCCCO3)cc21. The predicted octanol–water partition coefficient (Wildman–Crippen LogP) is 3.43. The van der Waals surface area contributed by atoms with Crippen LogP contribution in [-0.4, -0.2) is 24.3 Å². The highest BCUT2D eigenvalue weighted by atomic mass is 79.9. The van der Waals surface area contributed by atoms with Crippen molar-refractivity contribution in [3.8, 4) is 11.5 Å². The molecular formula is C15H17BrO4. The summed E-state index contributed by atoms with van der Waals surface area (Å²) < 4.78 is 17.5. The second-order valence-electron chi connectivity index (χ2n) is 5.02. The fraction of sp³-hybridized carbons (Fsp3) is 0.467. The average Bonchev–Trinajstić information content (AvgIpc) is 2.47. The molecule has 0 aromatic heterocycles. The maximum Gasteiger partial charge on any atom is 0.231 e. The largest absolute Gasteiger partial charge is 0.465 e. The lowest BCUT2D eigenvalue weighted by molar-refractivity contribution is -0.105. The number of ether oxygens (including phenoxy) is 3. The van der Waals surface area contributed by atoms with Gasteiger partial charge in [-0.15, -0.1) is 0 Å². The molecule has 0 spiro atoms. The number of fused-ring (bicyclic) bond motifs is 1. The van der Waals surface area contributed by atoms with Gasteiger partial charge >= 0.3 is 0 Å². The molecular weight excluding hydrogens is 324 g/mol. The van der Waals surface area contributed by atoms with Crippen molar-refractivity contribution in [2.24, 2.45) is 0 Å². The summed E-state index contributed by atoms with van der Waals surface area (Å²) in [5.74, 6) is 1.42. The van der Waals surface area contributed by atoms with Crippen molar-refractivity contribution in [1.29, 1.82) is 0 Å². The lowest BCUT2D eigenvalue weighted by Gasteiger charge is -2.26. The predicted molar refractivity (Wildman–Crippen MR) is 78.8 cm³/mol. The molecule has 1 fully saturated rings. The molecule has 0 saturated carbocycles. The standard InChI is InChI=1S/C15H17BrO4/c1-9-11-8-10(19-13-4-2-3-7-18-13)5-6-12(11)20-15(17)14(9)16/h5-6,8,13,15,17H,2-4,7H2,1H3/t13-,15-/m1/s1. The summed E-state index contributed by atoms with van der Waals surface area (Å²) in [6, 6.07) is 5.59. The normalized spacial score (nSPS) is 25.9. The molecule has 0 bridgehead atoms. The summed E-state index contributed by atoms with van der Waals surface area (Å²) in [5.41, 5.74) is 1.88. The Bertz CT molecular complexity index is 535. The first kappa shape index (κ1) is 13.9. The summed E-state index contributed by atoms with van der Waals surface area (Å²) in [5, 5.41) is 9.75. The van der Waals surface area contributed by atoms with E-state index in [9.17, 15) is 5.11 Å². The van der Waals surface area contributed by atoms with Gasteiger partial charge in [0.1, 0.15) is 11.5 Å². The van der Waals surface area contributed by atoms with Crippen LogP contribution in [0.5, 0.6) is 11.5 Å². The van der Waals surface area contributed by atoms with Crippen molar-refractivity contribution in [3.05, 3.63) is 28.2 Å². The number of allylic oxidation sites excluding steroid dienone is 1. The van der Waals surface area contributed by atoms with Gasteiger partial charge in [-0.25, -0.2) is 0 Å². The van der Waals surface area contributed by atoms with Gasteiger partial charge < -0.3 is 19.3 Å². The number of rotatable bonds is 2. The van der Waals surface area contributed by atoms with Crippen LogP contribution in [0.15, 0.2) is 22.7 Å². The summed E-state index contributed by atoms with van der Waals surface area (Å²) in [6.07, 6.45) is 2.06. The van der Waals surface area contributed by atoms with E-state index in [0.717, 1.165) is 42.8 Å². The lowest BCUT2D eigenvalue weighted by Crippen LogP contribution is -2.25. The quantitative estimate of drug-likeness (QED) is 0.895. The first-order valence-electron chi connectivity index (χ1n) is 6.79. The van der Waals surface area contributed by atoms with Crippen LogP contribution in [0.1, 0.15) is 31.7 Å². The molecule has 1 saturated heterocycles. The third-order valence-corrected chi connectivity index (χ3v) is 4.56. The smallest absolute Gasteiger partial charge is 0.231 e. The maximum absolute atomic E-state index is 9.75. The lowest BCUT2D eigenvalue weighted by atomic mass is 10.0. The molecule has 0 radical (unpaired) electrons. The van der Waals surface area contributed by atoms with E-state index in [4.69, 9.17) is 14.2 Å². The van der Waals surface area contributed by atoms with Gasteiger partial charge in [0.15, 0.2) is 6.29 Å². The molecule has 3 rings (SSSR count). The van der Waals surface area contributed by atoms with Gasteiger partial charge in [0.25, 0.3) is 0 Å². The zero-order valence-electron chi connectivity index (χ0n) is 11.3. The third kappa shape index (κ3) is 2.71. The second kappa shape index (κ2) is 5.76. The van der Waals surface area contributed by atoms with Gasteiger partial charge in [-0.2, -0.15) is 0 Å². The van der Waals surface area contributed by atoms with Crippen LogP contribution in [-0.2, 0) is 4.74 Å². The van der Waals surface area contributed by atoms with E-state index in [1.165, 1.54) is 0 Å². The van der Waals surface area contributed by atoms with Gasteiger partial charge in [-0.1, -0.05) is 0 Å². The Kier molecular flexibility index (Phi) is 4.01. The minimum atomic E-state index is -0.934. The highest BCUT2D eigenvalue weighted by Crippen LogP contribution is 2.39. The van der Waals surface area contributed by atoms with E-state index < -0.39 is 6.29 Å². The molecule has 4 nitrogen and oxygen atoms in total. The molecule has 1 aromatic carbocycles. The molecule has 0 unspecified atom stereocenters. The Morgan fingerprint density at radius 2 is 2.20 bits per heavy atom. The Morgan fingerprint density at radius 3 is 2.95 bits per heavy atom. The van der Waals surface area contributed by atoms with Gasteiger partial charge in [-0.3, -0.25) is 0 Å². The second-order valence-corrected chi connectivity index (χ2v) is 5.87. The monoisotopic (exact) mass is 340 g/mol. The first-order chi connectivity index (χ1) is 9.65. The fourth-order valence-electron chi connectivity index (χ4n) is 2.42. The summed E-state index contributed by atoms with van der Waals surface area (Å²) in [7, 11) is 0. The molecule has 0 aliphatic carbocycles. The Morgan fingerprint density at radius 1 is 1.35 bits per heavy atom. The van der Waals surface area contributed by atoms with Crippen LogP contribution < -0.4 is 9.47 Å². The van der Waals surface area contributed by atoms with E-state index in [1.54, 1.807) is 0 Å². The molecule has 2 heterocycles. The Labute approximate surface area is 126 Å². The molecule has 5 heteroatoms. The maximum atomic E-state index is 9.75. The van der Waals surface area contributed by atoms with E-state index >= 15 is 0 Å². The van der Waals surface area contributed by atoms with E-state index in [1.807, 2.05) is 25.1 Å². The van der Waals surface area contributed by atoms with Gasteiger partial charge in [0.05, 0.1) is 11.1 Å². The van der Waals surface area contributed by atoms with Crippen LogP contribution in [0.3, 0.4) is 0 Å². The molecule has 1 aromatic rings. The van der Waals surface area contributed by atoms with Crippen LogP contribution >= 0.6 is 15.9 Å². The number of aliphatic hydroxyl groups is 1. The third-order valence-electron chi connectivity index (χ3n) is 3.57. The molecule has 1 N–H and O–H groups in total. The van der Waals surface area contributed by atoms with Crippen molar-refractivity contribution in [3.63, 3.8) is 0 Å². The minimum Gasteiger partial charge on any atom is -0.465 e. The highest BCUT2D eigenvalue weighted by molar-refractivity contribution is 9.11. The van der Waals surface area contributed by atoms with Crippen molar-refractivity contribution in [1.82, 2.24) is 0 Å². The number of aliphatic hydroxyl groups excluding tert-OH is 1. The van der Waals surface area contributed by atoms with Crippen LogP contribution in [0.25, 0.3) is 5.57 Å².